The van der Waals surface area contributed by atoms with E-state index >= 15 is 0 Å². The van der Waals surface area contributed by atoms with E-state index in [1.165, 1.54) is 0 Å². The van der Waals surface area contributed by atoms with Gasteiger partial charge in [-0.3, -0.25) is 4.90 Å². The van der Waals surface area contributed by atoms with Crippen LogP contribution in [0.2, 0.25) is 0 Å². The van der Waals surface area contributed by atoms with E-state index in [9.17, 15) is 5.11 Å². The Morgan fingerprint density at radius 3 is 2.24 bits per heavy atom. The molecule has 3 N–H and O–H groups in total. The molecule has 21 heavy (non-hydrogen) atoms. The van der Waals surface area contributed by atoms with Gasteiger partial charge in [-0.2, -0.15) is 0 Å². The summed E-state index contributed by atoms with van der Waals surface area (Å²) in [7, 11) is 0. The van der Waals surface area contributed by atoms with Crippen LogP contribution < -0.4 is 4.74 Å². The van der Waals surface area contributed by atoms with Crippen molar-refractivity contribution in [3.05, 3.63) is 42.0 Å². The molecular weight excluding hydrogens is 270 g/mol. The van der Waals surface area contributed by atoms with Crippen molar-refractivity contribution in [2.45, 2.75) is 13.0 Å². The number of ether oxygens (including phenoxy) is 1. The predicted octanol–water partition coefficient (Wildman–Crippen LogP) is 0.961. The molecule has 0 saturated carbocycles. The van der Waals surface area contributed by atoms with E-state index in [1.807, 2.05) is 36.1 Å². The first-order valence-corrected chi connectivity index (χ1v) is 7.06. The van der Waals surface area contributed by atoms with Gasteiger partial charge in [-0.1, -0.05) is 18.7 Å². The van der Waals surface area contributed by atoms with Gasteiger partial charge in [0, 0.05) is 19.6 Å². The second kappa shape index (κ2) is 9.52. The van der Waals surface area contributed by atoms with Crippen molar-refractivity contribution in [3.8, 4) is 5.75 Å². The van der Waals surface area contributed by atoms with Crippen LogP contribution in [0.1, 0.15) is 18.6 Å². The highest BCUT2D eigenvalue weighted by molar-refractivity contribution is 5.29. The number of hydrogen-bond donors (Lipinski definition) is 3. The van der Waals surface area contributed by atoms with Crippen LogP contribution in [-0.2, 0) is 0 Å². The van der Waals surface area contributed by atoms with Gasteiger partial charge in [0.15, 0.2) is 0 Å². The van der Waals surface area contributed by atoms with Gasteiger partial charge in [0.2, 0.25) is 0 Å². The minimum Gasteiger partial charge on any atom is -0.489 e. The Kier molecular flexibility index (Phi) is 8.00. The Morgan fingerprint density at radius 2 is 1.76 bits per heavy atom. The molecule has 0 aliphatic heterocycles. The highest BCUT2D eigenvalue weighted by atomic mass is 16.5. The Morgan fingerprint density at radius 1 is 1.19 bits per heavy atom. The molecule has 0 fully saturated rings. The zero-order valence-electron chi connectivity index (χ0n) is 12.5. The van der Waals surface area contributed by atoms with Crippen molar-refractivity contribution in [1.82, 2.24) is 4.90 Å². The van der Waals surface area contributed by atoms with Crippen LogP contribution in [0.5, 0.6) is 5.75 Å². The molecule has 1 rings (SSSR count). The van der Waals surface area contributed by atoms with Crippen molar-refractivity contribution in [2.24, 2.45) is 0 Å². The zero-order chi connectivity index (χ0) is 15.7. The number of rotatable bonds is 10. The topological polar surface area (TPSA) is 73.2 Å². The highest BCUT2D eigenvalue weighted by Gasteiger charge is 2.13. The summed E-state index contributed by atoms with van der Waals surface area (Å²) >= 11 is 0. The molecule has 0 aliphatic carbocycles. The number of benzene rings is 1. The van der Waals surface area contributed by atoms with Crippen LogP contribution in [0.25, 0.3) is 0 Å². The molecular formula is C16H25NO4. The first-order valence-electron chi connectivity index (χ1n) is 7.06. The summed E-state index contributed by atoms with van der Waals surface area (Å²) in [6, 6.07) is 7.25. The van der Waals surface area contributed by atoms with Crippen molar-refractivity contribution in [2.75, 3.05) is 39.5 Å². The molecule has 1 aromatic rings. The van der Waals surface area contributed by atoms with E-state index in [1.54, 1.807) is 0 Å². The smallest absolute Gasteiger partial charge is 0.119 e. The lowest BCUT2D eigenvalue weighted by atomic mass is 10.1. The van der Waals surface area contributed by atoms with Crippen LogP contribution in [0.3, 0.4) is 0 Å². The number of hydrogen-bond acceptors (Lipinski definition) is 5. The SMILES string of the molecule is C=C(C)COc1ccc(C(O)CN(CCO)CCO)cc1. The van der Waals surface area contributed by atoms with Gasteiger partial charge in [0.1, 0.15) is 12.4 Å². The first-order chi connectivity index (χ1) is 10.1. The van der Waals surface area contributed by atoms with Crippen molar-refractivity contribution in [1.29, 1.82) is 0 Å². The van der Waals surface area contributed by atoms with Crippen molar-refractivity contribution >= 4 is 0 Å². The molecule has 0 heterocycles. The minimum atomic E-state index is -0.668. The quantitative estimate of drug-likeness (QED) is 0.561. The molecule has 5 nitrogen and oxygen atoms in total. The fourth-order valence-corrected chi connectivity index (χ4v) is 1.92. The fourth-order valence-electron chi connectivity index (χ4n) is 1.92. The van der Waals surface area contributed by atoms with Crippen LogP contribution in [0.15, 0.2) is 36.4 Å². The maximum atomic E-state index is 10.2. The third kappa shape index (κ3) is 6.73. The summed E-state index contributed by atoms with van der Waals surface area (Å²) in [6.07, 6.45) is -0.668. The van der Waals surface area contributed by atoms with Crippen LogP contribution in [0, 0.1) is 0 Å². The summed E-state index contributed by atoms with van der Waals surface area (Å²) in [5.41, 5.74) is 1.72. The Balaban J connectivity index is 2.56. The van der Waals surface area contributed by atoms with E-state index in [4.69, 9.17) is 14.9 Å². The van der Waals surface area contributed by atoms with Crippen molar-refractivity contribution in [3.63, 3.8) is 0 Å². The summed E-state index contributed by atoms with van der Waals surface area (Å²) in [4.78, 5) is 1.82. The van der Waals surface area contributed by atoms with Crippen LogP contribution in [0.4, 0.5) is 0 Å². The predicted molar refractivity (Wildman–Crippen MR) is 82.3 cm³/mol. The zero-order valence-corrected chi connectivity index (χ0v) is 12.5. The Labute approximate surface area is 126 Å². The average Bonchev–Trinajstić information content (AvgIpc) is 2.46. The molecule has 0 aromatic heterocycles. The van der Waals surface area contributed by atoms with Gasteiger partial charge in [-0.15, -0.1) is 0 Å². The normalized spacial score (nSPS) is 12.4. The van der Waals surface area contributed by atoms with E-state index in [0.717, 1.165) is 16.9 Å². The molecule has 0 saturated heterocycles. The van der Waals surface area contributed by atoms with Gasteiger partial charge < -0.3 is 20.1 Å². The minimum absolute atomic E-state index is 0.000399. The number of aliphatic hydroxyl groups is 3. The fraction of sp³-hybridized carbons (Fsp3) is 0.500. The lowest BCUT2D eigenvalue weighted by Gasteiger charge is -2.23. The number of nitrogens with zero attached hydrogens (tertiary/aromatic N) is 1. The van der Waals surface area contributed by atoms with Crippen molar-refractivity contribution < 1.29 is 20.1 Å². The average molecular weight is 295 g/mol. The summed E-state index contributed by atoms with van der Waals surface area (Å²) in [5.74, 6) is 0.733. The van der Waals surface area contributed by atoms with Gasteiger partial charge in [-0.05, 0) is 30.2 Å². The molecule has 0 spiro atoms. The maximum Gasteiger partial charge on any atom is 0.119 e. The molecule has 0 amide bonds. The lowest BCUT2D eigenvalue weighted by Crippen LogP contribution is -2.33. The van der Waals surface area contributed by atoms with Gasteiger partial charge in [0.25, 0.3) is 0 Å². The molecule has 0 aliphatic rings. The van der Waals surface area contributed by atoms with Crippen LogP contribution >= 0.6 is 0 Å². The first kappa shape index (κ1) is 17.7. The molecule has 1 atom stereocenters. The second-order valence-corrected chi connectivity index (χ2v) is 5.08. The third-order valence-electron chi connectivity index (χ3n) is 3.01. The summed E-state index contributed by atoms with van der Waals surface area (Å²) in [6.45, 7) is 7.37. The van der Waals surface area contributed by atoms with Gasteiger partial charge >= 0.3 is 0 Å². The maximum absolute atomic E-state index is 10.2. The second-order valence-electron chi connectivity index (χ2n) is 5.08. The van der Waals surface area contributed by atoms with E-state index in [2.05, 4.69) is 6.58 Å². The Hall–Kier alpha value is -1.40. The van der Waals surface area contributed by atoms with E-state index in [-0.39, 0.29) is 13.2 Å². The largest absolute Gasteiger partial charge is 0.489 e. The third-order valence-corrected chi connectivity index (χ3v) is 3.01. The number of aliphatic hydroxyl groups excluding tert-OH is 3. The standard InChI is InChI=1S/C16H25NO4/c1-13(2)12-21-15-5-3-14(4-6-15)16(20)11-17(7-9-18)8-10-19/h3-6,16,18-20H,1,7-12H2,2H3. The molecule has 118 valence electrons. The summed E-state index contributed by atoms with van der Waals surface area (Å²) in [5, 5.41) is 28.1. The highest BCUT2D eigenvalue weighted by Crippen LogP contribution is 2.19. The molecule has 1 aromatic carbocycles. The van der Waals surface area contributed by atoms with E-state index < -0.39 is 6.10 Å². The molecule has 0 bridgehead atoms. The van der Waals surface area contributed by atoms with Gasteiger partial charge in [-0.25, -0.2) is 0 Å². The lowest BCUT2D eigenvalue weighted by molar-refractivity contribution is 0.0874. The van der Waals surface area contributed by atoms with Crippen LogP contribution in [-0.4, -0.2) is 59.7 Å². The summed E-state index contributed by atoms with van der Waals surface area (Å²) < 4.78 is 5.50. The van der Waals surface area contributed by atoms with E-state index in [0.29, 0.717) is 26.2 Å². The molecule has 1 unspecified atom stereocenters. The molecule has 5 heteroatoms. The monoisotopic (exact) mass is 295 g/mol. The Bertz CT molecular complexity index is 413. The molecule has 0 radical (unpaired) electrons. The van der Waals surface area contributed by atoms with Gasteiger partial charge in [0.05, 0.1) is 19.3 Å².